The zero-order valence-corrected chi connectivity index (χ0v) is 53.6. The topological polar surface area (TPSA) is 13.1 Å². The smallest absolute Gasteiger partial charge is 0.135 e. The van der Waals surface area contributed by atoms with E-state index in [-0.39, 0.29) is 16.2 Å². The Balaban J connectivity index is 0.000000134. The summed E-state index contributed by atoms with van der Waals surface area (Å²) in [5.41, 5.74) is 28.5. The van der Waals surface area contributed by atoms with Crippen LogP contribution in [0.2, 0.25) is 0 Å². The monoisotopic (exact) mass is 1200 g/mol. The van der Waals surface area contributed by atoms with E-state index in [9.17, 15) is 0 Å². The van der Waals surface area contributed by atoms with Crippen LogP contribution in [-0.2, 0) is 16.2 Å². The second kappa shape index (κ2) is 19.9. The Labute approximate surface area is 547 Å². The normalized spacial score (nSPS) is 14.3. The fourth-order valence-electron chi connectivity index (χ4n) is 17.8. The number of rotatable bonds is 4. The first-order valence-corrected chi connectivity index (χ1v) is 33.3. The van der Waals surface area contributed by atoms with Crippen molar-refractivity contribution in [1.82, 2.24) is 0 Å². The minimum Gasteiger partial charge on any atom is -0.456 e. The van der Waals surface area contributed by atoms with Gasteiger partial charge in [-0.1, -0.05) is 296 Å². The molecule has 0 atom stereocenters. The molecule has 1 nitrogen and oxygen atoms in total. The largest absolute Gasteiger partial charge is 0.456 e. The van der Waals surface area contributed by atoms with Gasteiger partial charge in [-0.25, -0.2) is 0 Å². The second-order valence-electron chi connectivity index (χ2n) is 28.1. The third kappa shape index (κ3) is 7.70. The van der Waals surface area contributed by atoms with Crippen LogP contribution < -0.4 is 0 Å². The molecule has 0 bridgehead atoms. The Morgan fingerprint density at radius 2 is 0.532 bits per heavy atom. The Morgan fingerprint density at radius 1 is 0.202 bits per heavy atom. The SMILES string of the molecule is CC1(C)c2ccc(-c3c4ccccc4c(-c4ccc5oc6ccccc6c5c4)c4ccccc34)cc2-c2ccc3ccccc3c21.CC1(C)c2ccccc2-c2ccc(-c3c4ccccc4c(-c4ccc5c(c4)-c4ccc6ccccc6c4C5(C)C)c4ccccc34)cc21. The second-order valence-corrected chi connectivity index (χ2v) is 28.1. The molecule has 0 aliphatic heterocycles. The van der Waals surface area contributed by atoms with Crippen molar-refractivity contribution >= 4 is 86.6 Å². The number of furan rings is 1. The maximum absolute atomic E-state index is 6.20. The lowest BCUT2D eigenvalue weighted by atomic mass is 9.79. The zero-order valence-electron chi connectivity index (χ0n) is 53.6. The highest BCUT2D eigenvalue weighted by Crippen LogP contribution is 2.57. The molecule has 444 valence electrons. The molecular weight excluding hydrogens is 1130 g/mol. The van der Waals surface area contributed by atoms with Gasteiger partial charge in [0.25, 0.3) is 0 Å². The molecule has 17 aromatic rings. The highest BCUT2D eigenvalue weighted by molar-refractivity contribution is 6.24. The van der Waals surface area contributed by atoms with Crippen LogP contribution in [0.25, 0.3) is 164 Å². The molecule has 0 unspecified atom stereocenters. The van der Waals surface area contributed by atoms with Crippen LogP contribution in [-0.4, -0.2) is 0 Å². The highest BCUT2D eigenvalue weighted by atomic mass is 16.3. The summed E-state index contributed by atoms with van der Waals surface area (Å²) in [7, 11) is 0. The van der Waals surface area contributed by atoms with Gasteiger partial charge >= 0.3 is 0 Å². The molecule has 3 aliphatic rings. The average molecular weight is 1200 g/mol. The summed E-state index contributed by atoms with van der Waals surface area (Å²) in [6.07, 6.45) is 0. The fraction of sp³-hybridized carbons (Fsp3) is 0.0968. The minimum atomic E-state index is -0.0754. The number of fused-ring (bicyclic) bond motifs is 20. The van der Waals surface area contributed by atoms with Crippen molar-refractivity contribution in [2.45, 2.75) is 57.8 Å². The lowest BCUT2D eigenvalue weighted by Gasteiger charge is -2.24. The summed E-state index contributed by atoms with van der Waals surface area (Å²) < 4.78 is 6.20. The van der Waals surface area contributed by atoms with E-state index in [1.807, 2.05) is 12.1 Å². The predicted molar refractivity (Wildman–Crippen MR) is 400 cm³/mol. The molecule has 1 heteroatoms. The van der Waals surface area contributed by atoms with E-state index < -0.39 is 0 Å². The standard InChI is InChI=1S/C48H36.C45H30O/c1-47(2)41-20-12-11-15-33(41)34-24-22-31(28-43(34)47)45-37-18-9-7-16-35(37)44(36-17-8-10-19-38(36)45)30-23-26-42-40(27-30)39-25-21-29-13-5-6-14-32(29)46(39)48(42,3)4;1-45(2)39-23-20-28(25-37(39)36-22-19-27-11-3-4-12-30(27)44(36)45)42-32-14-5-7-16-34(32)43(35-17-8-6-15-33(35)42)29-21-24-41-38(26-29)31-13-9-10-18-40(31)46-41/h5-28H,1-4H3;3-26H,1-2H3. The van der Waals surface area contributed by atoms with Crippen LogP contribution in [0.5, 0.6) is 0 Å². The molecule has 0 saturated carbocycles. The molecule has 0 amide bonds. The molecule has 0 spiro atoms. The van der Waals surface area contributed by atoms with E-state index in [4.69, 9.17) is 4.42 Å². The fourth-order valence-corrected chi connectivity index (χ4v) is 17.8. The van der Waals surface area contributed by atoms with Gasteiger partial charge in [0.1, 0.15) is 11.2 Å². The molecule has 0 saturated heterocycles. The van der Waals surface area contributed by atoms with Crippen LogP contribution in [0, 0.1) is 0 Å². The number of hydrogen-bond donors (Lipinski definition) is 0. The zero-order chi connectivity index (χ0) is 62.9. The molecule has 0 N–H and O–H groups in total. The van der Waals surface area contributed by atoms with E-state index in [0.29, 0.717) is 0 Å². The van der Waals surface area contributed by atoms with Gasteiger partial charge in [0.2, 0.25) is 0 Å². The van der Waals surface area contributed by atoms with Gasteiger partial charge in [-0.15, -0.1) is 0 Å². The summed E-state index contributed by atoms with van der Waals surface area (Å²) >= 11 is 0. The lowest BCUT2D eigenvalue weighted by Crippen LogP contribution is -2.15. The van der Waals surface area contributed by atoms with Gasteiger partial charge in [-0.3, -0.25) is 0 Å². The van der Waals surface area contributed by atoms with Crippen LogP contribution >= 0.6 is 0 Å². The number of benzene rings is 16. The molecule has 20 rings (SSSR count). The van der Waals surface area contributed by atoms with Crippen molar-refractivity contribution in [1.29, 1.82) is 0 Å². The maximum Gasteiger partial charge on any atom is 0.135 e. The van der Waals surface area contributed by atoms with Crippen LogP contribution in [0.15, 0.2) is 296 Å². The Hall–Kier alpha value is -11.1. The lowest BCUT2D eigenvalue weighted by molar-refractivity contribution is 0.660. The van der Waals surface area contributed by atoms with Crippen molar-refractivity contribution in [3.05, 3.63) is 325 Å². The van der Waals surface area contributed by atoms with E-state index in [1.165, 1.54) is 176 Å². The van der Waals surface area contributed by atoms with E-state index in [0.717, 1.165) is 21.9 Å². The van der Waals surface area contributed by atoms with Gasteiger partial charge in [0.05, 0.1) is 0 Å². The average Bonchev–Trinajstić information content (AvgIpc) is 1.56. The molecule has 1 aromatic heterocycles. The van der Waals surface area contributed by atoms with Crippen LogP contribution in [0.4, 0.5) is 0 Å². The molecule has 0 fully saturated rings. The minimum absolute atomic E-state index is 0.0483. The first kappa shape index (κ1) is 54.6. The van der Waals surface area contributed by atoms with Gasteiger partial charge < -0.3 is 4.42 Å². The first-order chi connectivity index (χ1) is 45.9. The molecule has 94 heavy (non-hydrogen) atoms. The first-order valence-electron chi connectivity index (χ1n) is 33.3. The Morgan fingerprint density at radius 3 is 1.01 bits per heavy atom. The van der Waals surface area contributed by atoms with Crippen LogP contribution in [0.1, 0.15) is 74.9 Å². The van der Waals surface area contributed by atoms with Crippen molar-refractivity contribution in [2.75, 3.05) is 0 Å². The van der Waals surface area contributed by atoms with Crippen molar-refractivity contribution in [2.24, 2.45) is 0 Å². The van der Waals surface area contributed by atoms with Crippen molar-refractivity contribution in [3.63, 3.8) is 0 Å². The van der Waals surface area contributed by atoms with Crippen molar-refractivity contribution in [3.8, 4) is 77.9 Å². The molecule has 16 aromatic carbocycles. The number of para-hydroxylation sites is 1. The molecule has 0 radical (unpaired) electrons. The summed E-state index contributed by atoms with van der Waals surface area (Å²) in [6, 6.07) is 108. The van der Waals surface area contributed by atoms with Gasteiger partial charge in [-0.05, 0) is 212 Å². The highest BCUT2D eigenvalue weighted by Gasteiger charge is 2.40. The quantitative estimate of drug-likeness (QED) is 0.160. The van der Waals surface area contributed by atoms with Gasteiger partial charge in [-0.2, -0.15) is 0 Å². The van der Waals surface area contributed by atoms with Gasteiger partial charge in [0.15, 0.2) is 0 Å². The summed E-state index contributed by atoms with van der Waals surface area (Å²) in [5.74, 6) is 0. The van der Waals surface area contributed by atoms with Gasteiger partial charge in [0, 0.05) is 27.0 Å². The Kier molecular flexibility index (Phi) is 11.6. The maximum atomic E-state index is 6.20. The van der Waals surface area contributed by atoms with Crippen molar-refractivity contribution < 1.29 is 4.42 Å². The van der Waals surface area contributed by atoms with E-state index in [2.05, 4.69) is 321 Å². The van der Waals surface area contributed by atoms with E-state index >= 15 is 0 Å². The Bertz CT molecular complexity index is 6020. The summed E-state index contributed by atoms with van der Waals surface area (Å²) in [5, 5.41) is 17.9. The predicted octanol–water partition coefficient (Wildman–Crippen LogP) is 25.8. The molecule has 3 aliphatic carbocycles. The van der Waals surface area contributed by atoms with E-state index in [1.54, 1.807) is 0 Å². The number of hydrogen-bond acceptors (Lipinski definition) is 1. The molecule has 1 heterocycles. The summed E-state index contributed by atoms with van der Waals surface area (Å²) in [4.78, 5) is 0. The van der Waals surface area contributed by atoms with Crippen LogP contribution in [0.3, 0.4) is 0 Å². The third-order valence-electron chi connectivity index (χ3n) is 22.1. The molecular formula is C93H66O. The summed E-state index contributed by atoms with van der Waals surface area (Å²) in [6.45, 7) is 14.3. The third-order valence-corrected chi connectivity index (χ3v) is 22.1.